The number of hydrogen-bond donors (Lipinski definition) is 1. The highest BCUT2D eigenvalue weighted by atomic mass is 32.2. The van der Waals surface area contributed by atoms with Crippen LogP contribution in [0.4, 0.5) is 10.8 Å². The minimum Gasteiger partial charge on any atom is -0.309 e. The van der Waals surface area contributed by atoms with Gasteiger partial charge in [0.05, 0.1) is 4.90 Å². The molecule has 3 aliphatic rings. The molecule has 170 valence electrons. The maximum Gasteiger partial charge on any atom is 0.243 e. The topological polar surface area (TPSA) is 99.7 Å². The Morgan fingerprint density at radius 1 is 1.12 bits per heavy atom. The Bertz CT molecular complexity index is 1140. The molecule has 8 nitrogen and oxygen atoms in total. The minimum atomic E-state index is -3.65. The highest BCUT2D eigenvalue weighted by Gasteiger charge is 2.40. The lowest BCUT2D eigenvalue weighted by Gasteiger charge is -2.30. The second-order valence-corrected chi connectivity index (χ2v) is 11.7. The predicted octanol–water partition coefficient (Wildman–Crippen LogP) is 2.87. The summed E-state index contributed by atoms with van der Waals surface area (Å²) in [4.78, 5) is 31.3. The molecule has 32 heavy (non-hydrogen) atoms. The summed E-state index contributed by atoms with van der Waals surface area (Å²) in [5.74, 6) is -0.0528. The zero-order valence-corrected chi connectivity index (χ0v) is 19.5. The number of fused-ring (bicyclic) bond motifs is 1. The molecule has 0 radical (unpaired) electrons. The molecule has 5 rings (SSSR count). The van der Waals surface area contributed by atoms with Gasteiger partial charge in [-0.25, -0.2) is 13.4 Å². The van der Waals surface area contributed by atoms with E-state index in [4.69, 9.17) is 0 Å². The Kier molecular flexibility index (Phi) is 5.55. The quantitative estimate of drug-likeness (QED) is 0.718. The van der Waals surface area contributed by atoms with Gasteiger partial charge in [-0.3, -0.25) is 9.59 Å². The van der Waals surface area contributed by atoms with Gasteiger partial charge in [-0.2, -0.15) is 4.31 Å². The van der Waals surface area contributed by atoms with Crippen LogP contribution in [-0.2, 0) is 26.0 Å². The molecule has 2 aliphatic heterocycles. The number of aromatic nitrogens is 1. The second kappa shape index (κ2) is 8.24. The summed E-state index contributed by atoms with van der Waals surface area (Å²) >= 11 is 1.36. The van der Waals surface area contributed by atoms with Crippen LogP contribution in [0.1, 0.15) is 38.2 Å². The lowest BCUT2D eigenvalue weighted by molar-refractivity contribution is -0.121. The maximum atomic E-state index is 13.3. The second-order valence-electron chi connectivity index (χ2n) is 8.83. The van der Waals surface area contributed by atoms with Gasteiger partial charge in [0.25, 0.3) is 0 Å². The Hall–Kier alpha value is -2.30. The molecule has 1 unspecified atom stereocenters. The molecule has 2 fully saturated rings. The first-order valence-electron chi connectivity index (χ1n) is 11.0. The third-order valence-corrected chi connectivity index (χ3v) is 9.14. The van der Waals surface area contributed by atoms with Crippen molar-refractivity contribution in [3.63, 3.8) is 0 Å². The number of nitrogens with zero attached hydrogens (tertiary/aromatic N) is 3. The van der Waals surface area contributed by atoms with Gasteiger partial charge in [-0.05, 0) is 62.8 Å². The molecule has 1 aliphatic carbocycles. The van der Waals surface area contributed by atoms with Gasteiger partial charge in [0.15, 0.2) is 5.13 Å². The highest BCUT2D eigenvalue weighted by Crippen LogP contribution is 2.40. The summed E-state index contributed by atoms with van der Waals surface area (Å²) in [7, 11) is -3.65. The average molecular weight is 475 g/mol. The lowest BCUT2D eigenvalue weighted by Crippen LogP contribution is -2.41. The summed E-state index contributed by atoms with van der Waals surface area (Å²) < 4.78 is 28.0. The van der Waals surface area contributed by atoms with E-state index in [0.29, 0.717) is 37.5 Å². The molecule has 1 saturated carbocycles. The van der Waals surface area contributed by atoms with E-state index in [1.807, 2.05) is 11.8 Å². The molecular formula is C22H26N4O4S2. The van der Waals surface area contributed by atoms with E-state index in [9.17, 15) is 18.0 Å². The van der Waals surface area contributed by atoms with Crippen molar-refractivity contribution in [2.75, 3.05) is 23.3 Å². The summed E-state index contributed by atoms with van der Waals surface area (Å²) in [6, 6.07) is 5.16. The number of anilines is 2. The van der Waals surface area contributed by atoms with Crippen molar-refractivity contribution in [2.45, 2.75) is 50.0 Å². The van der Waals surface area contributed by atoms with E-state index in [1.165, 1.54) is 15.6 Å². The molecule has 2 aromatic rings. The van der Waals surface area contributed by atoms with Crippen LogP contribution in [0.15, 0.2) is 34.7 Å². The Balaban J connectivity index is 1.27. The molecule has 1 atom stereocenters. The van der Waals surface area contributed by atoms with Crippen LogP contribution in [-0.4, -0.2) is 48.7 Å². The molecule has 0 spiro atoms. The zero-order valence-electron chi connectivity index (χ0n) is 17.9. The largest absolute Gasteiger partial charge is 0.309 e. The van der Waals surface area contributed by atoms with Crippen molar-refractivity contribution in [1.82, 2.24) is 9.29 Å². The molecule has 1 N–H and O–H groups in total. The van der Waals surface area contributed by atoms with Crippen molar-refractivity contribution in [3.05, 3.63) is 35.3 Å². The van der Waals surface area contributed by atoms with E-state index < -0.39 is 10.0 Å². The summed E-state index contributed by atoms with van der Waals surface area (Å²) in [6.45, 7) is 2.62. The number of nitrogens with one attached hydrogen (secondary N) is 1. The van der Waals surface area contributed by atoms with Crippen LogP contribution in [0, 0.1) is 11.8 Å². The molecule has 3 heterocycles. The molecule has 1 saturated heterocycles. The highest BCUT2D eigenvalue weighted by molar-refractivity contribution is 7.89. The molecule has 2 amide bonds. The number of sulfonamides is 1. The Morgan fingerprint density at radius 2 is 1.88 bits per heavy atom. The first kappa shape index (κ1) is 21.5. The monoisotopic (exact) mass is 474 g/mol. The van der Waals surface area contributed by atoms with E-state index >= 15 is 0 Å². The number of carbonyl (C=O) groups excluding carboxylic acids is 2. The number of hydrogen-bond acceptors (Lipinski definition) is 6. The predicted molar refractivity (Wildman–Crippen MR) is 122 cm³/mol. The van der Waals surface area contributed by atoms with Gasteiger partial charge < -0.3 is 10.2 Å². The van der Waals surface area contributed by atoms with Crippen LogP contribution in [0.25, 0.3) is 0 Å². The van der Waals surface area contributed by atoms with Crippen molar-refractivity contribution >= 4 is 44.0 Å². The standard InChI is InChI=1S/C22H26N4O4S2/c1-14-12-17-13-18(4-5-19(17)26(14)21(28)16-2-3-16)32(29,30)25-9-6-15(7-10-25)20(27)24-22-23-8-11-31-22/h4-5,8,11,13-16H,2-3,6-7,9-10,12H2,1H3,(H,23,24,27). The summed E-state index contributed by atoms with van der Waals surface area (Å²) in [5.41, 5.74) is 1.75. The number of benzene rings is 1. The number of piperidine rings is 1. The Labute approximate surface area is 191 Å². The van der Waals surface area contributed by atoms with Crippen LogP contribution < -0.4 is 10.2 Å². The number of amides is 2. The van der Waals surface area contributed by atoms with Crippen LogP contribution >= 0.6 is 11.3 Å². The van der Waals surface area contributed by atoms with Crippen molar-refractivity contribution in [3.8, 4) is 0 Å². The third-order valence-electron chi connectivity index (χ3n) is 6.56. The van der Waals surface area contributed by atoms with E-state index in [-0.39, 0.29) is 34.6 Å². The molecule has 10 heteroatoms. The number of carbonyl (C=O) groups is 2. The van der Waals surface area contributed by atoms with Crippen molar-refractivity contribution < 1.29 is 18.0 Å². The van der Waals surface area contributed by atoms with Crippen LogP contribution in [0.5, 0.6) is 0 Å². The number of thiazole rings is 1. The third kappa shape index (κ3) is 3.95. The zero-order chi connectivity index (χ0) is 22.5. The van der Waals surface area contributed by atoms with E-state index in [2.05, 4.69) is 10.3 Å². The first-order valence-corrected chi connectivity index (χ1v) is 13.3. The first-order chi connectivity index (χ1) is 15.3. The van der Waals surface area contributed by atoms with Gasteiger partial charge in [0.1, 0.15) is 0 Å². The molecule has 1 aromatic carbocycles. The molecule has 1 aromatic heterocycles. The van der Waals surface area contributed by atoms with Crippen LogP contribution in [0.2, 0.25) is 0 Å². The lowest BCUT2D eigenvalue weighted by atomic mass is 9.97. The van der Waals surface area contributed by atoms with Gasteiger partial charge in [-0.15, -0.1) is 11.3 Å². The number of rotatable bonds is 5. The normalized spacial score (nSPS) is 22.0. The fraction of sp³-hybridized carbons (Fsp3) is 0.500. The van der Waals surface area contributed by atoms with Gasteiger partial charge in [0.2, 0.25) is 21.8 Å². The van der Waals surface area contributed by atoms with E-state index in [1.54, 1.807) is 29.8 Å². The fourth-order valence-electron chi connectivity index (χ4n) is 4.63. The van der Waals surface area contributed by atoms with Crippen LogP contribution in [0.3, 0.4) is 0 Å². The molecular weight excluding hydrogens is 448 g/mol. The van der Waals surface area contributed by atoms with Gasteiger partial charge in [0, 0.05) is 48.2 Å². The SMILES string of the molecule is CC1Cc2cc(S(=O)(=O)N3CCC(C(=O)Nc4nccs4)CC3)ccc2N1C(=O)C1CC1. The maximum absolute atomic E-state index is 13.3. The average Bonchev–Trinajstić information content (AvgIpc) is 3.41. The van der Waals surface area contributed by atoms with Crippen molar-refractivity contribution in [2.24, 2.45) is 11.8 Å². The molecule has 0 bridgehead atoms. The summed E-state index contributed by atoms with van der Waals surface area (Å²) in [6.07, 6.45) is 5.14. The van der Waals surface area contributed by atoms with Gasteiger partial charge in [-0.1, -0.05) is 0 Å². The Morgan fingerprint density at radius 3 is 2.53 bits per heavy atom. The van der Waals surface area contributed by atoms with Crippen molar-refractivity contribution in [1.29, 1.82) is 0 Å². The smallest absolute Gasteiger partial charge is 0.243 e. The minimum absolute atomic E-state index is 0.0446. The fourth-order valence-corrected chi connectivity index (χ4v) is 6.68. The van der Waals surface area contributed by atoms with Gasteiger partial charge >= 0.3 is 0 Å². The summed E-state index contributed by atoms with van der Waals surface area (Å²) in [5, 5.41) is 5.16. The van der Waals surface area contributed by atoms with E-state index in [0.717, 1.165) is 24.1 Å².